The van der Waals surface area contributed by atoms with Crippen molar-refractivity contribution in [1.29, 1.82) is 0 Å². The van der Waals surface area contributed by atoms with Crippen LogP contribution in [0.4, 0.5) is 0 Å². The maximum absolute atomic E-state index is 6.02. The Morgan fingerprint density at radius 2 is 1.89 bits per heavy atom. The lowest BCUT2D eigenvalue weighted by atomic mass is 9.82. The van der Waals surface area contributed by atoms with Crippen molar-refractivity contribution in [1.82, 2.24) is 4.98 Å². The highest BCUT2D eigenvalue weighted by molar-refractivity contribution is 5.58. The molecule has 138 valence electrons. The van der Waals surface area contributed by atoms with E-state index in [4.69, 9.17) is 10.5 Å². The molecule has 0 aliphatic heterocycles. The van der Waals surface area contributed by atoms with Gasteiger partial charge < -0.3 is 10.5 Å². The summed E-state index contributed by atoms with van der Waals surface area (Å²) in [5.74, 6) is 1.68. The van der Waals surface area contributed by atoms with Gasteiger partial charge >= 0.3 is 0 Å². The molecule has 1 atom stereocenters. The van der Waals surface area contributed by atoms with E-state index in [0.29, 0.717) is 6.61 Å². The first-order chi connectivity index (χ1) is 13.3. The SMILES string of the molecule is NCCC1CCc2cc(OCc3ccc(-c4ccccc4)nc3)ccc2C1. The van der Waals surface area contributed by atoms with Crippen molar-refractivity contribution < 1.29 is 4.74 Å². The van der Waals surface area contributed by atoms with E-state index < -0.39 is 0 Å². The van der Waals surface area contributed by atoms with Crippen LogP contribution >= 0.6 is 0 Å². The van der Waals surface area contributed by atoms with Crippen molar-refractivity contribution in [2.75, 3.05) is 6.54 Å². The van der Waals surface area contributed by atoms with E-state index in [-0.39, 0.29) is 0 Å². The quantitative estimate of drug-likeness (QED) is 0.690. The number of fused-ring (bicyclic) bond motifs is 1. The largest absolute Gasteiger partial charge is 0.489 e. The van der Waals surface area contributed by atoms with Crippen LogP contribution in [0.15, 0.2) is 66.9 Å². The number of nitrogens with zero attached hydrogens (tertiary/aromatic N) is 1. The molecule has 3 aromatic rings. The van der Waals surface area contributed by atoms with E-state index in [1.54, 1.807) is 0 Å². The molecule has 0 fully saturated rings. The van der Waals surface area contributed by atoms with Crippen LogP contribution in [0, 0.1) is 5.92 Å². The molecule has 2 N–H and O–H groups in total. The first-order valence-electron chi connectivity index (χ1n) is 9.77. The molecule has 0 radical (unpaired) electrons. The second kappa shape index (κ2) is 8.36. The molecular formula is C24H26N2O. The van der Waals surface area contributed by atoms with Crippen LogP contribution in [0.3, 0.4) is 0 Å². The predicted octanol–water partition coefficient (Wildman–Crippen LogP) is 4.78. The van der Waals surface area contributed by atoms with Crippen LogP contribution in [-0.4, -0.2) is 11.5 Å². The zero-order valence-corrected chi connectivity index (χ0v) is 15.6. The fourth-order valence-electron chi connectivity index (χ4n) is 3.83. The molecule has 2 aromatic carbocycles. The third-order valence-electron chi connectivity index (χ3n) is 5.38. The molecular weight excluding hydrogens is 332 g/mol. The lowest BCUT2D eigenvalue weighted by Gasteiger charge is -2.24. The fourth-order valence-corrected chi connectivity index (χ4v) is 3.83. The summed E-state index contributed by atoms with van der Waals surface area (Å²) in [5.41, 5.74) is 11.8. The molecule has 0 saturated carbocycles. The highest BCUT2D eigenvalue weighted by Crippen LogP contribution is 2.30. The van der Waals surface area contributed by atoms with Crippen LogP contribution in [0.1, 0.15) is 29.5 Å². The van der Waals surface area contributed by atoms with E-state index in [9.17, 15) is 0 Å². The van der Waals surface area contributed by atoms with Crippen molar-refractivity contribution in [2.24, 2.45) is 11.7 Å². The second-order valence-electron chi connectivity index (χ2n) is 7.32. The normalized spacial score (nSPS) is 16.0. The van der Waals surface area contributed by atoms with Gasteiger partial charge in [-0.3, -0.25) is 4.98 Å². The van der Waals surface area contributed by atoms with Gasteiger partial charge in [0.15, 0.2) is 0 Å². The van der Waals surface area contributed by atoms with Gasteiger partial charge in [0, 0.05) is 17.3 Å². The average molecular weight is 358 g/mol. The van der Waals surface area contributed by atoms with Gasteiger partial charge in [0.2, 0.25) is 0 Å². The Balaban J connectivity index is 1.38. The Kier molecular flexibility index (Phi) is 5.50. The second-order valence-corrected chi connectivity index (χ2v) is 7.32. The third kappa shape index (κ3) is 4.37. The van der Waals surface area contributed by atoms with Gasteiger partial charge in [-0.25, -0.2) is 0 Å². The van der Waals surface area contributed by atoms with Crippen LogP contribution in [0.25, 0.3) is 11.3 Å². The Hall–Kier alpha value is -2.65. The van der Waals surface area contributed by atoms with Crippen LogP contribution in [-0.2, 0) is 19.4 Å². The molecule has 1 aliphatic carbocycles. The molecule has 0 amide bonds. The summed E-state index contributed by atoms with van der Waals surface area (Å²) < 4.78 is 6.02. The Labute approximate surface area is 161 Å². The van der Waals surface area contributed by atoms with Crippen molar-refractivity contribution in [3.8, 4) is 17.0 Å². The van der Waals surface area contributed by atoms with Gasteiger partial charge in [-0.15, -0.1) is 0 Å². The number of rotatable bonds is 6. The molecule has 0 bridgehead atoms. The third-order valence-corrected chi connectivity index (χ3v) is 5.38. The number of benzene rings is 2. The number of hydrogen-bond donors (Lipinski definition) is 1. The molecule has 3 nitrogen and oxygen atoms in total. The summed E-state index contributed by atoms with van der Waals surface area (Å²) in [6, 6.07) is 20.9. The van der Waals surface area contributed by atoms with Gasteiger partial charge in [0.05, 0.1) is 5.69 Å². The van der Waals surface area contributed by atoms with Gasteiger partial charge in [0.1, 0.15) is 12.4 Å². The molecule has 1 heterocycles. The maximum Gasteiger partial charge on any atom is 0.120 e. The lowest BCUT2D eigenvalue weighted by Crippen LogP contribution is -2.17. The zero-order valence-electron chi connectivity index (χ0n) is 15.6. The van der Waals surface area contributed by atoms with Crippen molar-refractivity contribution in [3.63, 3.8) is 0 Å². The molecule has 0 spiro atoms. The Morgan fingerprint density at radius 3 is 2.67 bits per heavy atom. The average Bonchev–Trinajstić information content (AvgIpc) is 2.73. The number of hydrogen-bond acceptors (Lipinski definition) is 3. The molecule has 0 saturated heterocycles. The predicted molar refractivity (Wildman–Crippen MR) is 110 cm³/mol. The highest BCUT2D eigenvalue weighted by atomic mass is 16.5. The summed E-state index contributed by atoms with van der Waals surface area (Å²) in [6.07, 6.45) is 6.54. The minimum Gasteiger partial charge on any atom is -0.489 e. The Morgan fingerprint density at radius 1 is 1.00 bits per heavy atom. The molecule has 1 aliphatic rings. The van der Waals surface area contributed by atoms with E-state index in [1.807, 2.05) is 24.4 Å². The van der Waals surface area contributed by atoms with Crippen molar-refractivity contribution in [3.05, 3.63) is 83.6 Å². The number of aryl methyl sites for hydroxylation is 1. The van der Waals surface area contributed by atoms with Gasteiger partial charge in [-0.05, 0) is 67.5 Å². The summed E-state index contributed by atoms with van der Waals surface area (Å²) in [7, 11) is 0. The van der Waals surface area contributed by atoms with E-state index in [1.165, 1.54) is 17.5 Å². The first kappa shape index (κ1) is 17.7. The van der Waals surface area contributed by atoms with Gasteiger partial charge in [0.25, 0.3) is 0 Å². The fraction of sp³-hybridized carbons (Fsp3) is 0.292. The lowest BCUT2D eigenvalue weighted by molar-refractivity contribution is 0.304. The standard InChI is InChI=1S/C24H26N2O/c25-13-12-18-6-8-22-15-23(10-9-21(22)14-18)27-17-19-7-11-24(26-16-19)20-4-2-1-3-5-20/h1-5,7,9-11,15-16,18H,6,8,12-14,17,25H2. The number of aromatic nitrogens is 1. The smallest absolute Gasteiger partial charge is 0.120 e. The summed E-state index contributed by atoms with van der Waals surface area (Å²) in [4.78, 5) is 4.57. The minimum absolute atomic E-state index is 0.538. The molecule has 1 aromatic heterocycles. The number of pyridine rings is 1. The van der Waals surface area contributed by atoms with E-state index in [2.05, 4.69) is 47.4 Å². The van der Waals surface area contributed by atoms with E-state index in [0.717, 1.165) is 54.3 Å². The van der Waals surface area contributed by atoms with E-state index >= 15 is 0 Å². The van der Waals surface area contributed by atoms with Crippen LogP contribution < -0.4 is 10.5 Å². The van der Waals surface area contributed by atoms with Crippen LogP contribution in [0.5, 0.6) is 5.75 Å². The maximum atomic E-state index is 6.02. The highest BCUT2D eigenvalue weighted by Gasteiger charge is 2.18. The molecule has 27 heavy (non-hydrogen) atoms. The minimum atomic E-state index is 0.538. The van der Waals surface area contributed by atoms with Gasteiger partial charge in [-0.1, -0.05) is 42.5 Å². The van der Waals surface area contributed by atoms with Crippen molar-refractivity contribution >= 4 is 0 Å². The van der Waals surface area contributed by atoms with Gasteiger partial charge in [-0.2, -0.15) is 0 Å². The Bertz CT molecular complexity index is 875. The molecule has 1 unspecified atom stereocenters. The summed E-state index contributed by atoms with van der Waals surface area (Å²) in [5, 5.41) is 0. The zero-order chi connectivity index (χ0) is 18.5. The number of nitrogens with two attached hydrogens (primary N) is 1. The summed E-state index contributed by atoms with van der Waals surface area (Å²) in [6.45, 7) is 1.33. The molecule has 4 rings (SSSR count). The monoisotopic (exact) mass is 358 g/mol. The first-order valence-corrected chi connectivity index (χ1v) is 9.77. The van der Waals surface area contributed by atoms with Crippen molar-refractivity contribution in [2.45, 2.75) is 32.3 Å². The topological polar surface area (TPSA) is 48.1 Å². The summed E-state index contributed by atoms with van der Waals surface area (Å²) >= 11 is 0. The number of ether oxygens (including phenoxy) is 1. The molecule has 3 heteroatoms. The van der Waals surface area contributed by atoms with Crippen LogP contribution in [0.2, 0.25) is 0 Å².